The van der Waals surface area contributed by atoms with Crippen molar-refractivity contribution in [3.63, 3.8) is 0 Å². The summed E-state index contributed by atoms with van der Waals surface area (Å²) in [6.07, 6.45) is 0. The minimum absolute atomic E-state index is 0.329. The Morgan fingerprint density at radius 2 is 1.77 bits per heavy atom. The van der Waals surface area contributed by atoms with Crippen molar-refractivity contribution in [2.75, 3.05) is 5.32 Å². The SMILES string of the molecule is Cc1cccc(C(=O)N[C@H]2C(=O)Nc3c(c(C)nn3-c3ccccc3)[C@H]2c2ccc(C#N)cc2)c1. The molecule has 5 rings (SSSR count). The van der Waals surface area contributed by atoms with E-state index in [4.69, 9.17) is 5.10 Å². The third-order valence-corrected chi connectivity index (χ3v) is 6.24. The van der Waals surface area contributed by atoms with Crippen molar-refractivity contribution in [1.29, 1.82) is 5.26 Å². The van der Waals surface area contributed by atoms with Gasteiger partial charge in [-0.1, -0.05) is 48.0 Å². The van der Waals surface area contributed by atoms with Crippen LogP contribution in [0.5, 0.6) is 0 Å². The second-order valence-corrected chi connectivity index (χ2v) is 8.62. The number of carbonyl (C=O) groups is 2. The first-order valence-corrected chi connectivity index (χ1v) is 11.3. The Balaban J connectivity index is 1.62. The smallest absolute Gasteiger partial charge is 0.251 e. The van der Waals surface area contributed by atoms with E-state index in [1.165, 1.54) is 0 Å². The van der Waals surface area contributed by atoms with Crippen molar-refractivity contribution in [3.8, 4) is 11.8 Å². The fraction of sp³-hybridized carbons (Fsp3) is 0.143. The van der Waals surface area contributed by atoms with E-state index in [-0.39, 0.29) is 11.8 Å². The molecule has 0 spiro atoms. The first-order valence-electron chi connectivity index (χ1n) is 11.3. The molecule has 2 atom stereocenters. The Bertz CT molecular complexity index is 1470. The van der Waals surface area contributed by atoms with Crippen LogP contribution in [0.25, 0.3) is 5.69 Å². The quantitative estimate of drug-likeness (QED) is 0.475. The number of carbonyl (C=O) groups excluding carboxylic acids is 2. The van der Waals surface area contributed by atoms with Crippen LogP contribution in [0.4, 0.5) is 5.82 Å². The topological polar surface area (TPSA) is 99.8 Å². The van der Waals surface area contributed by atoms with Gasteiger partial charge in [-0.05, 0) is 55.8 Å². The van der Waals surface area contributed by atoms with Gasteiger partial charge in [0.2, 0.25) is 5.91 Å². The zero-order valence-corrected chi connectivity index (χ0v) is 19.3. The van der Waals surface area contributed by atoms with Crippen molar-refractivity contribution in [3.05, 3.63) is 112 Å². The zero-order chi connectivity index (χ0) is 24.5. The van der Waals surface area contributed by atoms with E-state index in [0.29, 0.717) is 16.9 Å². The highest BCUT2D eigenvalue weighted by Crippen LogP contribution is 2.40. The van der Waals surface area contributed by atoms with Crippen molar-refractivity contribution < 1.29 is 9.59 Å². The number of hydrogen-bond donors (Lipinski definition) is 2. The second-order valence-electron chi connectivity index (χ2n) is 8.62. The molecular formula is C28H23N5O2. The Hall–Kier alpha value is -4.70. The first-order chi connectivity index (χ1) is 17.0. The molecular weight excluding hydrogens is 438 g/mol. The molecule has 0 aliphatic carbocycles. The number of amides is 2. The molecule has 0 bridgehead atoms. The number of rotatable bonds is 4. The second kappa shape index (κ2) is 8.92. The monoisotopic (exact) mass is 461 g/mol. The number of para-hydroxylation sites is 1. The van der Waals surface area contributed by atoms with Crippen LogP contribution in [0.2, 0.25) is 0 Å². The Kier molecular flexibility index (Phi) is 5.63. The summed E-state index contributed by atoms with van der Waals surface area (Å²) in [5.41, 5.74) is 5.16. The fourth-order valence-electron chi connectivity index (χ4n) is 4.58. The number of hydrogen-bond acceptors (Lipinski definition) is 4. The lowest BCUT2D eigenvalue weighted by Crippen LogP contribution is -2.50. The highest BCUT2D eigenvalue weighted by Gasteiger charge is 2.41. The molecule has 3 aromatic carbocycles. The summed E-state index contributed by atoms with van der Waals surface area (Å²) in [7, 11) is 0. The van der Waals surface area contributed by atoms with E-state index in [0.717, 1.165) is 28.1 Å². The van der Waals surface area contributed by atoms with Crippen molar-refractivity contribution in [1.82, 2.24) is 15.1 Å². The molecule has 0 fully saturated rings. The number of nitriles is 1. The van der Waals surface area contributed by atoms with Crippen LogP contribution in [-0.2, 0) is 4.79 Å². The van der Waals surface area contributed by atoms with E-state index in [1.807, 2.05) is 68.4 Å². The summed E-state index contributed by atoms with van der Waals surface area (Å²) in [6.45, 7) is 3.81. The number of anilines is 1. The van der Waals surface area contributed by atoms with Crippen molar-refractivity contribution >= 4 is 17.6 Å². The van der Waals surface area contributed by atoms with Crippen LogP contribution in [0.3, 0.4) is 0 Å². The van der Waals surface area contributed by atoms with Gasteiger partial charge in [-0.2, -0.15) is 10.4 Å². The molecule has 1 aliphatic heterocycles. The summed E-state index contributed by atoms with van der Waals surface area (Å²) in [5, 5.41) is 19.9. The molecule has 4 aromatic rings. The highest BCUT2D eigenvalue weighted by molar-refractivity contribution is 6.04. The standard InChI is InChI=1S/C28H23N5O2/c1-17-7-6-8-21(15-17)27(34)30-25-24(20-13-11-19(16-29)12-14-20)23-18(2)32-33(26(23)31-28(25)35)22-9-4-3-5-10-22/h3-15,24-25H,1-2H3,(H,30,34)(H,31,35)/t24-,25-/m1/s1. The van der Waals surface area contributed by atoms with Crippen LogP contribution >= 0.6 is 0 Å². The summed E-state index contributed by atoms with van der Waals surface area (Å²) in [5.74, 6) is -0.569. The van der Waals surface area contributed by atoms with Gasteiger partial charge in [-0.15, -0.1) is 0 Å². The largest absolute Gasteiger partial charge is 0.339 e. The van der Waals surface area contributed by atoms with Gasteiger partial charge in [0.05, 0.1) is 23.0 Å². The van der Waals surface area contributed by atoms with Gasteiger partial charge >= 0.3 is 0 Å². The maximum atomic E-state index is 13.5. The Morgan fingerprint density at radius 3 is 2.46 bits per heavy atom. The fourth-order valence-corrected chi connectivity index (χ4v) is 4.58. The molecule has 35 heavy (non-hydrogen) atoms. The molecule has 0 saturated heterocycles. The molecule has 1 aromatic heterocycles. The molecule has 1 aliphatic rings. The Morgan fingerprint density at radius 1 is 1.03 bits per heavy atom. The summed E-state index contributed by atoms with van der Waals surface area (Å²) in [4.78, 5) is 26.6. The molecule has 0 radical (unpaired) electrons. The van der Waals surface area contributed by atoms with Crippen LogP contribution in [0.1, 0.15) is 44.2 Å². The number of aryl methyl sites for hydroxylation is 2. The molecule has 172 valence electrons. The molecule has 2 heterocycles. The number of benzene rings is 3. The average Bonchev–Trinajstić information content (AvgIpc) is 3.20. The minimum atomic E-state index is -0.865. The van der Waals surface area contributed by atoms with Crippen molar-refractivity contribution in [2.24, 2.45) is 0 Å². The number of aromatic nitrogens is 2. The van der Waals surface area contributed by atoms with Gasteiger partial charge in [0.15, 0.2) is 0 Å². The number of nitrogens with zero attached hydrogens (tertiary/aromatic N) is 3. The third kappa shape index (κ3) is 4.06. The third-order valence-electron chi connectivity index (χ3n) is 6.24. The molecule has 0 saturated carbocycles. The molecule has 7 nitrogen and oxygen atoms in total. The van der Waals surface area contributed by atoms with Gasteiger partial charge in [0.1, 0.15) is 11.9 Å². The van der Waals surface area contributed by atoms with E-state index in [2.05, 4.69) is 16.7 Å². The summed E-state index contributed by atoms with van der Waals surface area (Å²) < 4.78 is 1.72. The predicted molar refractivity (Wildman–Crippen MR) is 132 cm³/mol. The lowest BCUT2D eigenvalue weighted by Gasteiger charge is -2.33. The lowest BCUT2D eigenvalue weighted by atomic mass is 9.81. The molecule has 2 N–H and O–H groups in total. The first kappa shape index (κ1) is 22.1. The molecule has 7 heteroatoms. The molecule has 2 amide bonds. The van der Waals surface area contributed by atoms with E-state index < -0.39 is 12.0 Å². The van der Waals surface area contributed by atoms with Crippen molar-refractivity contribution in [2.45, 2.75) is 25.8 Å². The van der Waals surface area contributed by atoms with E-state index >= 15 is 0 Å². The lowest BCUT2D eigenvalue weighted by molar-refractivity contribution is -0.118. The van der Waals surface area contributed by atoms with Gasteiger partial charge in [-0.3, -0.25) is 9.59 Å². The van der Waals surface area contributed by atoms with Gasteiger partial charge in [-0.25, -0.2) is 4.68 Å². The number of fused-ring (bicyclic) bond motifs is 1. The van der Waals surface area contributed by atoms with Gasteiger partial charge in [0, 0.05) is 17.0 Å². The predicted octanol–water partition coefficient (Wildman–Crippen LogP) is 4.24. The van der Waals surface area contributed by atoms with Crippen LogP contribution in [-0.4, -0.2) is 27.6 Å². The molecule has 0 unspecified atom stereocenters. The van der Waals surface area contributed by atoms with Gasteiger partial charge in [0.25, 0.3) is 5.91 Å². The maximum Gasteiger partial charge on any atom is 0.251 e. The zero-order valence-electron chi connectivity index (χ0n) is 19.3. The van der Waals surface area contributed by atoms with Crippen LogP contribution in [0, 0.1) is 25.2 Å². The summed E-state index contributed by atoms with van der Waals surface area (Å²) in [6, 6.07) is 25.2. The minimum Gasteiger partial charge on any atom is -0.339 e. The maximum absolute atomic E-state index is 13.5. The van der Waals surface area contributed by atoms with Crippen LogP contribution < -0.4 is 10.6 Å². The average molecular weight is 462 g/mol. The van der Waals surface area contributed by atoms with Gasteiger partial charge < -0.3 is 10.6 Å². The van der Waals surface area contributed by atoms with E-state index in [9.17, 15) is 14.9 Å². The normalized spacial score (nSPS) is 16.7. The van der Waals surface area contributed by atoms with Crippen LogP contribution in [0.15, 0.2) is 78.9 Å². The van der Waals surface area contributed by atoms with E-state index in [1.54, 1.807) is 28.9 Å². The Labute approximate surface area is 203 Å². The highest BCUT2D eigenvalue weighted by atomic mass is 16.2. The summed E-state index contributed by atoms with van der Waals surface area (Å²) >= 11 is 0. The number of nitrogens with one attached hydrogen (secondary N) is 2.